The van der Waals surface area contributed by atoms with E-state index >= 15 is 0 Å². The van der Waals surface area contributed by atoms with Gasteiger partial charge in [-0.1, -0.05) is 30.3 Å². The number of nitrogens with one attached hydrogen (secondary N) is 1. The number of thioether (sulfide) groups is 1. The number of methoxy groups -OCH3 is 1. The Kier molecular flexibility index (Phi) is 6.64. The number of hydrogen-bond donors (Lipinski definition) is 1. The molecule has 1 unspecified atom stereocenters. The van der Waals surface area contributed by atoms with Crippen molar-refractivity contribution in [2.45, 2.75) is 24.3 Å². The second kappa shape index (κ2) is 8.75. The second-order valence-electron chi connectivity index (χ2n) is 5.07. The second-order valence-corrected chi connectivity index (χ2v) is 6.24. The summed E-state index contributed by atoms with van der Waals surface area (Å²) in [6.45, 7) is 3.26. The largest absolute Gasteiger partial charge is 0.497 e. The summed E-state index contributed by atoms with van der Waals surface area (Å²) in [5.41, 5.74) is 1.34. The standard InChI is InChI=1S/C18H23NOS/c1-15(14-16-8-10-17(20-2)11-9-16)19-12-13-21-18-6-4-3-5-7-18/h3-11,15,19H,12-14H2,1-2H3. The van der Waals surface area contributed by atoms with Gasteiger partial charge in [-0.2, -0.15) is 0 Å². The van der Waals surface area contributed by atoms with Gasteiger partial charge in [-0.3, -0.25) is 0 Å². The lowest BCUT2D eigenvalue weighted by Gasteiger charge is -2.14. The monoisotopic (exact) mass is 301 g/mol. The number of hydrogen-bond acceptors (Lipinski definition) is 3. The molecular weight excluding hydrogens is 278 g/mol. The lowest BCUT2D eigenvalue weighted by atomic mass is 10.1. The Morgan fingerprint density at radius 2 is 1.76 bits per heavy atom. The van der Waals surface area contributed by atoms with Crippen molar-refractivity contribution in [2.75, 3.05) is 19.4 Å². The van der Waals surface area contributed by atoms with Gasteiger partial charge in [-0.25, -0.2) is 0 Å². The fraction of sp³-hybridized carbons (Fsp3) is 0.333. The lowest BCUT2D eigenvalue weighted by molar-refractivity contribution is 0.414. The van der Waals surface area contributed by atoms with Crippen LogP contribution >= 0.6 is 11.8 Å². The molecule has 3 heteroatoms. The third-order valence-electron chi connectivity index (χ3n) is 3.31. The van der Waals surface area contributed by atoms with E-state index in [4.69, 9.17) is 4.74 Å². The van der Waals surface area contributed by atoms with E-state index in [2.05, 4.69) is 54.7 Å². The first-order chi connectivity index (χ1) is 10.3. The molecule has 2 aromatic rings. The summed E-state index contributed by atoms with van der Waals surface area (Å²) in [5, 5.41) is 3.58. The van der Waals surface area contributed by atoms with Gasteiger partial charge in [-0.15, -0.1) is 11.8 Å². The Labute approximate surface area is 131 Å². The van der Waals surface area contributed by atoms with Gasteiger partial charge >= 0.3 is 0 Å². The first kappa shape index (κ1) is 15.9. The highest BCUT2D eigenvalue weighted by atomic mass is 32.2. The zero-order chi connectivity index (χ0) is 14.9. The molecule has 0 amide bonds. The van der Waals surface area contributed by atoms with Crippen LogP contribution in [0.15, 0.2) is 59.5 Å². The zero-order valence-electron chi connectivity index (χ0n) is 12.7. The SMILES string of the molecule is COc1ccc(CC(C)NCCSc2ccccc2)cc1. The summed E-state index contributed by atoms with van der Waals surface area (Å²) >= 11 is 1.89. The molecular formula is C18H23NOS. The minimum absolute atomic E-state index is 0.481. The predicted octanol–water partition coefficient (Wildman–Crippen LogP) is 4.01. The highest BCUT2D eigenvalue weighted by Gasteiger charge is 2.03. The zero-order valence-corrected chi connectivity index (χ0v) is 13.5. The molecule has 21 heavy (non-hydrogen) atoms. The van der Waals surface area contributed by atoms with Crippen LogP contribution in [-0.4, -0.2) is 25.4 Å². The molecule has 2 rings (SSSR count). The predicted molar refractivity (Wildman–Crippen MR) is 91.3 cm³/mol. The maximum absolute atomic E-state index is 5.18. The van der Waals surface area contributed by atoms with Crippen LogP contribution in [0.25, 0.3) is 0 Å². The molecule has 0 aromatic heterocycles. The van der Waals surface area contributed by atoms with Crippen LogP contribution < -0.4 is 10.1 Å². The average Bonchev–Trinajstić information content (AvgIpc) is 2.53. The molecule has 2 aromatic carbocycles. The van der Waals surface area contributed by atoms with Crippen LogP contribution in [0.4, 0.5) is 0 Å². The first-order valence-electron chi connectivity index (χ1n) is 7.32. The Morgan fingerprint density at radius 3 is 2.43 bits per heavy atom. The summed E-state index contributed by atoms with van der Waals surface area (Å²) in [6.07, 6.45) is 1.04. The summed E-state index contributed by atoms with van der Waals surface area (Å²) < 4.78 is 5.18. The van der Waals surface area contributed by atoms with Gasteiger partial charge in [0.2, 0.25) is 0 Å². The van der Waals surface area contributed by atoms with Crippen molar-refractivity contribution >= 4 is 11.8 Å². The molecule has 0 aliphatic rings. The Bertz CT molecular complexity index is 513. The topological polar surface area (TPSA) is 21.3 Å². The van der Waals surface area contributed by atoms with Gasteiger partial charge < -0.3 is 10.1 Å². The van der Waals surface area contributed by atoms with Crippen LogP contribution in [0.2, 0.25) is 0 Å². The highest BCUT2D eigenvalue weighted by Crippen LogP contribution is 2.16. The smallest absolute Gasteiger partial charge is 0.118 e. The maximum Gasteiger partial charge on any atom is 0.118 e. The van der Waals surface area contributed by atoms with Gasteiger partial charge in [0, 0.05) is 23.2 Å². The molecule has 0 radical (unpaired) electrons. The van der Waals surface area contributed by atoms with Crippen LogP contribution in [-0.2, 0) is 6.42 Å². The third-order valence-corrected chi connectivity index (χ3v) is 4.32. The van der Waals surface area contributed by atoms with Gasteiger partial charge in [0.15, 0.2) is 0 Å². The number of rotatable bonds is 8. The van der Waals surface area contributed by atoms with E-state index < -0.39 is 0 Å². The third kappa shape index (κ3) is 5.82. The normalized spacial score (nSPS) is 12.1. The summed E-state index contributed by atoms with van der Waals surface area (Å²) in [7, 11) is 1.70. The number of benzene rings is 2. The minimum Gasteiger partial charge on any atom is -0.497 e. The van der Waals surface area contributed by atoms with Crippen molar-refractivity contribution in [2.24, 2.45) is 0 Å². The van der Waals surface area contributed by atoms with E-state index in [1.807, 2.05) is 23.9 Å². The van der Waals surface area contributed by atoms with Crippen molar-refractivity contribution in [1.82, 2.24) is 5.32 Å². The van der Waals surface area contributed by atoms with Crippen molar-refractivity contribution in [3.05, 3.63) is 60.2 Å². The molecule has 0 fully saturated rings. The Balaban J connectivity index is 1.66. The van der Waals surface area contributed by atoms with Crippen molar-refractivity contribution < 1.29 is 4.74 Å². The molecule has 0 saturated heterocycles. The van der Waals surface area contributed by atoms with Gasteiger partial charge in [0.05, 0.1) is 7.11 Å². The van der Waals surface area contributed by atoms with E-state index in [0.717, 1.165) is 24.5 Å². The van der Waals surface area contributed by atoms with Crippen molar-refractivity contribution in [3.63, 3.8) is 0 Å². The van der Waals surface area contributed by atoms with Gasteiger partial charge in [-0.05, 0) is 43.2 Å². The van der Waals surface area contributed by atoms with Crippen molar-refractivity contribution in [1.29, 1.82) is 0 Å². The van der Waals surface area contributed by atoms with E-state index in [9.17, 15) is 0 Å². The first-order valence-corrected chi connectivity index (χ1v) is 8.30. The van der Waals surface area contributed by atoms with Crippen LogP contribution in [0.1, 0.15) is 12.5 Å². The fourth-order valence-corrected chi connectivity index (χ4v) is 2.98. The quantitative estimate of drug-likeness (QED) is 0.588. The number of ether oxygens (including phenoxy) is 1. The summed E-state index contributed by atoms with van der Waals surface area (Å²) in [4.78, 5) is 1.34. The minimum atomic E-state index is 0.481. The van der Waals surface area contributed by atoms with Crippen LogP contribution in [0.3, 0.4) is 0 Å². The highest BCUT2D eigenvalue weighted by molar-refractivity contribution is 7.99. The molecule has 112 valence electrons. The molecule has 0 aliphatic heterocycles. The summed E-state index contributed by atoms with van der Waals surface area (Å²) in [5.74, 6) is 2.01. The molecule has 0 spiro atoms. The molecule has 0 aliphatic carbocycles. The molecule has 1 N–H and O–H groups in total. The van der Waals surface area contributed by atoms with Crippen molar-refractivity contribution in [3.8, 4) is 5.75 Å². The van der Waals surface area contributed by atoms with E-state index in [1.165, 1.54) is 10.5 Å². The molecule has 2 nitrogen and oxygen atoms in total. The molecule has 0 bridgehead atoms. The van der Waals surface area contributed by atoms with E-state index in [0.29, 0.717) is 6.04 Å². The summed E-state index contributed by atoms with van der Waals surface area (Å²) in [6, 6.07) is 19.3. The van der Waals surface area contributed by atoms with Crippen LogP contribution in [0, 0.1) is 0 Å². The van der Waals surface area contributed by atoms with E-state index in [-0.39, 0.29) is 0 Å². The van der Waals surface area contributed by atoms with Crippen LogP contribution in [0.5, 0.6) is 5.75 Å². The lowest BCUT2D eigenvalue weighted by Crippen LogP contribution is -2.30. The Morgan fingerprint density at radius 1 is 1.05 bits per heavy atom. The van der Waals surface area contributed by atoms with E-state index in [1.54, 1.807) is 7.11 Å². The average molecular weight is 301 g/mol. The maximum atomic E-state index is 5.18. The van der Waals surface area contributed by atoms with Gasteiger partial charge in [0.1, 0.15) is 5.75 Å². The van der Waals surface area contributed by atoms with Gasteiger partial charge in [0.25, 0.3) is 0 Å². The fourth-order valence-electron chi connectivity index (χ4n) is 2.18. The Hall–Kier alpha value is -1.45. The molecule has 0 heterocycles. The molecule has 0 saturated carbocycles. The molecule has 1 atom stereocenters.